The number of anilines is 1. The van der Waals surface area contributed by atoms with Crippen molar-refractivity contribution >= 4 is 46.6 Å². The van der Waals surface area contributed by atoms with Crippen LogP contribution in [0, 0.1) is 17.8 Å². The van der Waals surface area contributed by atoms with Gasteiger partial charge in [-0.3, -0.25) is 14.4 Å². The second-order valence-corrected chi connectivity index (χ2v) is 11.1. The van der Waals surface area contributed by atoms with E-state index in [0.29, 0.717) is 35.7 Å². The fraction of sp³-hybridized carbons (Fsp3) is 0.379. The van der Waals surface area contributed by atoms with Crippen molar-refractivity contribution in [3.05, 3.63) is 53.1 Å². The third-order valence-corrected chi connectivity index (χ3v) is 8.58. The van der Waals surface area contributed by atoms with E-state index in [1.807, 2.05) is 0 Å². The highest BCUT2D eigenvalue weighted by molar-refractivity contribution is 6.24. The summed E-state index contributed by atoms with van der Waals surface area (Å²) in [5.41, 5.74) is 4.97. The number of carbonyl (C=O) groups is 4. The molecule has 216 valence electrons. The number of primary amides is 1. The highest BCUT2D eigenvalue weighted by Crippen LogP contribution is 2.52. The summed E-state index contributed by atoms with van der Waals surface area (Å²) < 4.78 is 0. The Labute approximate surface area is 240 Å². The fourth-order valence-corrected chi connectivity index (χ4v) is 6.51. The van der Waals surface area contributed by atoms with Crippen molar-refractivity contribution < 1.29 is 39.6 Å². The minimum atomic E-state index is -2.62. The Bertz CT molecular complexity index is 1470. The first-order chi connectivity index (χ1) is 19.5. The molecule has 5 rings (SSSR count). The topological polar surface area (TPSA) is 199 Å². The van der Waals surface area contributed by atoms with Gasteiger partial charge in [-0.05, 0) is 66.5 Å². The molecule has 0 radical (unpaired) electrons. The lowest BCUT2D eigenvalue weighted by Crippen LogP contribution is -2.66. The third kappa shape index (κ3) is 4.73. The Hall–Kier alpha value is -3.93. The second-order valence-electron chi connectivity index (χ2n) is 10.7. The van der Waals surface area contributed by atoms with Crippen LogP contribution >= 0.6 is 11.6 Å². The van der Waals surface area contributed by atoms with Crippen LogP contribution in [-0.4, -0.2) is 68.1 Å². The molecular formula is C29H30ClN3O8. The quantitative estimate of drug-likeness (QED) is 0.152. The summed E-state index contributed by atoms with van der Waals surface area (Å²) in [4.78, 5) is 50.7. The van der Waals surface area contributed by atoms with Gasteiger partial charge >= 0.3 is 6.03 Å². The molecule has 2 fully saturated rings. The average molecular weight is 584 g/mol. The Morgan fingerprint density at radius 3 is 2.44 bits per heavy atom. The lowest BCUT2D eigenvalue weighted by atomic mass is 9.56. The van der Waals surface area contributed by atoms with Gasteiger partial charge in [-0.1, -0.05) is 18.2 Å². The van der Waals surface area contributed by atoms with E-state index in [2.05, 4.69) is 10.6 Å². The fourth-order valence-electron chi connectivity index (χ4n) is 6.37. The number of Topliss-reactive ketones (excluding diaryl/α,β-unsaturated/α-hetero) is 2. The molecule has 2 aromatic carbocycles. The van der Waals surface area contributed by atoms with Crippen LogP contribution in [0.5, 0.6) is 5.75 Å². The normalized spacial score (nSPS) is 27.0. The summed E-state index contributed by atoms with van der Waals surface area (Å²) in [6, 6.07) is 9.62. The van der Waals surface area contributed by atoms with E-state index < -0.39 is 52.7 Å². The number of alkyl halides is 1. The van der Waals surface area contributed by atoms with Crippen LogP contribution in [0.1, 0.15) is 30.4 Å². The van der Waals surface area contributed by atoms with Gasteiger partial charge in [-0.2, -0.15) is 0 Å². The standard InChI is InChI=1S/C29H30ClN3O8/c30-8-1-9-32-28(40)33-16-4-2-13(3-5-16)17-6-7-19(34)22-18(17)11-14-10-15-12-20(35)23(27(31)39)26(38)29(15,41)25(37)21(14)24(22)36/h2-7,14-15,20,23,34-36,41H,1,8-12H2,(H2,31,39)(H2,32,33,40)/t14-,15+,20?,23?,29+/m1/s1. The molecule has 41 heavy (non-hydrogen) atoms. The largest absolute Gasteiger partial charge is 0.507 e. The molecule has 3 aliphatic carbocycles. The highest BCUT2D eigenvalue weighted by atomic mass is 35.5. The van der Waals surface area contributed by atoms with Crippen molar-refractivity contribution in [2.24, 2.45) is 23.5 Å². The minimum absolute atomic E-state index is 0.0137. The molecule has 2 saturated carbocycles. The Morgan fingerprint density at radius 2 is 1.78 bits per heavy atom. The van der Waals surface area contributed by atoms with Crippen LogP contribution in [0.2, 0.25) is 0 Å². The summed E-state index contributed by atoms with van der Waals surface area (Å²) in [6.07, 6.45) is -0.725. The first-order valence-corrected chi connectivity index (χ1v) is 13.8. The minimum Gasteiger partial charge on any atom is -0.507 e. The zero-order valence-electron chi connectivity index (χ0n) is 21.9. The molecule has 0 bridgehead atoms. The number of aliphatic hydroxyl groups is 3. The van der Waals surface area contributed by atoms with Gasteiger partial charge in [0.05, 0.1) is 11.7 Å². The van der Waals surface area contributed by atoms with E-state index in [1.165, 1.54) is 6.07 Å². The van der Waals surface area contributed by atoms with Gasteiger partial charge in [0, 0.05) is 29.6 Å². The maximum atomic E-state index is 13.6. The third-order valence-electron chi connectivity index (χ3n) is 8.32. The number of nitrogens with two attached hydrogens (primary N) is 1. The van der Waals surface area contributed by atoms with Crippen molar-refractivity contribution in [3.8, 4) is 16.9 Å². The van der Waals surface area contributed by atoms with Crippen LogP contribution in [0.4, 0.5) is 10.5 Å². The maximum Gasteiger partial charge on any atom is 0.319 e. The maximum absolute atomic E-state index is 13.6. The summed E-state index contributed by atoms with van der Waals surface area (Å²) >= 11 is 5.63. The number of amides is 3. The number of rotatable bonds is 6. The average Bonchev–Trinajstić information content (AvgIpc) is 2.91. The number of urea groups is 1. The number of ketones is 2. The number of fused-ring (bicyclic) bond motifs is 3. The predicted molar refractivity (Wildman–Crippen MR) is 149 cm³/mol. The van der Waals surface area contributed by atoms with Crippen molar-refractivity contribution in [2.45, 2.75) is 37.4 Å². The van der Waals surface area contributed by atoms with Crippen molar-refractivity contribution in [2.75, 3.05) is 17.7 Å². The lowest BCUT2D eigenvalue weighted by Gasteiger charge is -2.48. The monoisotopic (exact) mass is 583 g/mol. The van der Waals surface area contributed by atoms with Crippen molar-refractivity contribution in [3.63, 3.8) is 0 Å². The van der Waals surface area contributed by atoms with Crippen LogP contribution in [0.3, 0.4) is 0 Å². The zero-order chi connectivity index (χ0) is 29.6. The van der Waals surface area contributed by atoms with Crippen molar-refractivity contribution in [1.82, 2.24) is 5.32 Å². The van der Waals surface area contributed by atoms with E-state index in [0.717, 1.165) is 5.56 Å². The number of aliphatic hydroxyl groups excluding tert-OH is 2. The molecule has 5 atom stereocenters. The molecule has 11 nitrogen and oxygen atoms in total. The molecule has 12 heteroatoms. The van der Waals surface area contributed by atoms with Crippen LogP contribution in [0.25, 0.3) is 16.9 Å². The summed E-state index contributed by atoms with van der Waals surface area (Å²) in [7, 11) is 0. The molecule has 3 aliphatic rings. The van der Waals surface area contributed by atoms with Crippen LogP contribution in [0.15, 0.2) is 42.0 Å². The molecule has 2 unspecified atom stereocenters. The first kappa shape index (κ1) is 28.6. The smallest absolute Gasteiger partial charge is 0.319 e. The molecule has 0 aliphatic heterocycles. The van der Waals surface area contributed by atoms with E-state index in [4.69, 9.17) is 17.3 Å². The number of hydrogen-bond acceptors (Lipinski definition) is 8. The van der Waals surface area contributed by atoms with Gasteiger partial charge in [0.15, 0.2) is 11.4 Å². The predicted octanol–water partition coefficient (Wildman–Crippen LogP) is 2.01. The van der Waals surface area contributed by atoms with Gasteiger partial charge in [-0.25, -0.2) is 4.79 Å². The van der Waals surface area contributed by atoms with Gasteiger partial charge in [-0.15, -0.1) is 11.6 Å². The van der Waals surface area contributed by atoms with Crippen LogP contribution < -0.4 is 16.4 Å². The molecule has 0 spiro atoms. The molecule has 2 aromatic rings. The highest BCUT2D eigenvalue weighted by Gasteiger charge is 2.63. The number of phenolic OH excluding ortho intramolecular Hbond substituents is 1. The molecule has 0 heterocycles. The van der Waals surface area contributed by atoms with Gasteiger partial charge < -0.3 is 36.8 Å². The molecule has 8 N–H and O–H groups in total. The van der Waals surface area contributed by atoms with Gasteiger partial charge in [0.1, 0.15) is 17.4 Å². The van der Waals surface area contributed by atoms with E-state index in [-0.39, 0.29) is 42.2 Å². The van der Waals surface area contributed by atoms with Gasteiger partial charge in [0.25, 0.3) is 0 Å². The molecule has 3 amide bonds. The Morgan fingerprint density at radius 1 is 1.07 bits per heavy atom. The number of hydrogen-bond donors (Lipinski definition) is 7. The van der Waals surface area contributed by atoms with E-state index in [9.17, 15) is 39.6 Å². The summed E-state index contributed by atoms with van der Waals surface area (Å²) in [5.74, 6) is -7.13. The second kappa shape index (κ2) is 10.8. The van der Waals surface area contributed by atoms with E-state index in [1.54, 1.807) is 30.3 Å². The SMILES string of the molecule is NC(=O)C1C(=O)[C@@]2(O)C(=O)C3=C(O)c4c(O)ccc(-c5ccc(NC(=O)NCCCCl)cc5)c4C[C@H]3C[C@H]2CC1O. The van der Waals surface area contributed by atoms with E-state index >= 15 is 0 Å². The Kier molecular flexibility index (Phi) is 7.54. The molecule has 0 aromatic heterocycles. The number of aromatic hydroxyl groups is 1. The number of nitrogens with one attached hydrogen (secondary N) is 2. The first-order valence-electron chi connectivity index (χ1n) is 13.3. The number of halogens is 1. The molecular weight excluding hydrogens is 554 g/mol. The zero-order valence-corrected chi connectivity index (χ0v) is 22.6. The van der Waals surface area contributed by atoms with Crippen LogP contribution in [-0.2, 0) is 20.8 Å². The summed E-state index contributed by atoms with van der Waals surface area (Å²) in [5, 5.41) is 49.2. The summed E-state index contributed by atoms with van der Waals surface area (Å²) in [6.45, 7) is 0.437. The number of benzene rings is 2. The molecule has 0 saturated heterocycles. The lowest BCUT2D eigenvalue weighted by molar-refractivity contribution is -0.174. The number of carbonyl (C=O) groups excluding carboxylic acids is 4. The van der Waals surface area contributed by atoms with Gasteiger partial charge in [0.2, 0.25) is 11.7 Å². The Balaban J connectivity index is 1.49. The van der Waals surface area contributed by atoms with Crippen molar-refractivity contribution in [1.29, 1.82) is 0 Å². The number of phenols is 1.